The maximum absolute atomic E-state index is 12.3. The Morgan fingerprint density at radius 3 is 1.29 bits per heavy atom. The van der Waals surface area contributed by atoms with E-state index in [2.05, 4.69) is 4.98 Å². The number of esters is 1. The molecular weight excluding hydrogens is 506 g/mol. The van der Waals surface area contributed by atoms with Gasteiger partial charge in [0.2, 0.25) is 0 Å². The zero-order valence-corrected chi connectivity index (χ0v) is 21.1. The topological polar surface area (TPSA) is 201 Å². The minimum atomic E-state index is -1.11. The van der Waals surface area contributed by atoms with Crippen LogP contribution in [-0.2, 0) is 37.0 Å². The molecule has 0 atom stereocenters. The SMILES string of the molecule is COC(=O)c1cc2nc(c1)CN(CC(=O)O)CCN(CC(=O)O)CCN(CC(=O)O)CCN(CC(=O)O)C2. The first-order chi connectivity index (χ1) is 17.9. The van der Waals surface area contributed by atoms with Crippen molar-refractivity contribution in [3.63, 3.8) is 0 Å². The lowest BCUT2D eigenvalue weighted by atomic mass is 10.1. The number of aromatic nitrogens is 1. The first kappa shape index (κ1) is 30.6. The number of hydrogen-bond donors (Lipinski definition) is 4. The molecule has 2 heterocycles. The molecule has 0 radical (unpaired) electrons. The number of carboxylic acid groups (broad SMARTS) is 4. The second-order valence-corrected chi connectivity index (χ2v) is 8.88. The van der Waals surface area contributed by atoms with Gasteiger partial charge in [-0.2, -0.15) is 0 Å². The van der Waals surface area contributed by atoms with Gasteiger partial charge in [0.15, 0.2) is 0 Å². The van der Waals surface area contributed by atoms with Crippen LogP contribution in [0.3, 0.4) is 0 Å². The molecule has 2 rings (SSSR count). The van der Waals surface area contributed by atoms with Crippen LogP contribution in [-0.4, -0.2) is 147 Å². The van der Waals surface area contributed by atoms with Crippen molar-refractivity contribution in [3.05, 3.63) is 29.1 Å². The number of aliphatic carboxylic acids is 4. The summed E-state index contributed by atoms with van der Waals surface area (Å²) in [6.07, 6.45) is 0. The quantitative estimate of drug-likeness (QED) is 0.262. The highest BCUT2D eigenvalue weighted by Crippen LogP contribution is 2.13. The molecule has 1 aromatic rings. The van der Waals surface area contributed by atoms with Gasteiger partial charge in [-0.3, -0.25) is 43.8 Å². The van der Waals surface area contributed by atoms with E-state index in [1.54, 1.807) is 9.80 Å². The predicted molar refractivity (Wildman–Crippen MR) is 130 cm³/mol. The molecule has 0 spiro atoms. The smallest absolute Gasteiger partial charge is 0.337 e. The summed E-state index contributed by atoms with van der Waals surface area (Å²) in [7, 11) is 1.21. The average Bonchev–Trinajstić information content (AvgIpc) is 2.81. The molecule has 210 valence electrons. The number of fused-ring (bicyclic) bond motifs is 2. The lowest BCUT2D eigenvalue weighted by Crippen LogP contribution is -2.45. The van der Waals surface area contributed by atoms with Gasteiger partial charge in [-0.1, -0.05) is 0 Å². The predicted octanol–water partition coefficient (Wildman–Crippen LogP) is -1.57. The lowest BCUT2D eigenvalue weighted by molar-refractivity contribution is -0.141. The standard InChI is InChI=1S/C23H33N5O10/c1-38-23(37)16-8-17-10-27(14-21(33)34)6-4-25(12-19(29)30)2-3-26(13-20(31)32)5-7-28(15-22(35)36)11-18(9-16)24-17/h8-9H,2-7,10-15H2,1H3,(H,29,30)(H,31,32)(H,33,34)(H,35,36). The van der Waals surface area contributed by atoms with Gasteiger partial charge in [-0.05, 0) is 12.1 Å². The van der Waals surface area contributed by atoms with Crippen molar-refractivity contribution in [2.24, 2.45) is 0 Å². The first-order valence-corrected chi connectivity index (χ1v) is 11.8. The number of hydrogen-bond acceptors (Lipinski definition) is 11. The molecule has 0 unspecified atom stereocenters. The number of carboxylic acids is 4. The second kappa shape index (κ2) is 14.9. The fourth-order valence-electron chi connectivity index (χ4n) is 4.09. The fourth-order valence-corrected chi connectivity index (χ4v) is 4.09. The highest BCUT2D eigenvalue weighted by Gasteiger charge is 2.21. The Kier molecular flexibility index (Phi) is 12.0. The third kappa shape index (κ3) is 11.2. The van der Waals surface area contributed by atoms with Crippen LogP contribution in [0.15, 0.2) is 12.1 Å². The van der Waals surface area contributed by atoms with E-state index in [-0.39, 0.29) is 84.1 Å². The van der Waals surface area contributed by atoms with Crippen LogP contribution in [0, 0.1) is 0 Å². The summed E-state index contributed by atoms with van der Waals surface area (Å²) in [5.41, 5.74) is 0.862. The van der Waals surface area contributed by atoms with E-state index in [4.69, 9.17) is 4.74 Å². The van der Waals surface area contributed by atoms with E-state index in [1.807, 2.05) is 0 Å². The summed E-state index contributed by atoms with van der Waals surface area (Å²) in [5.74, 6) is -5.07. The lowest BCUT2D eigenvalue weighted by Gasteiger charge is -2.29. The van der Waals surface area contributed by atoms with Crippen LogP contribution < -0.4 is 0 Å². The van der Waals surface area contributed by atoms with Crippen molar-refractivity contribution < 1.29 is 49.1 Å². The van der Waals surface area contributed by atoms with Crippen molar-refractivity contribution in [2.45, 2.75) is 13.1 Å². The number of ether oxygens (including phenoxy) is 1. The van der Waals surface area contributed by atoms with Gasteiger partial charge in [0.05, 0.1) is 50.2 Å². The molecule has 4 N–H and O–H groups in total. The molecule has 0 saturated heterocycles. The molecule has 2 bridgehead atoms. The van der Waals surface area contributed by atoms with Crippen molar-refractivity contribution in [1.82, 2.24) is 24.6 Å². The Hall–Kier alpha value is -3.66. The number of rotatable bonds is 9. The van der Waals surface area contributed by atoms with Crippen LogP contribution in [0.2, 0.25) is 0 Å². The number of pyridine rings is 1. The van der Waals surface area contributed by atoms with Gasteiger partial charge in [-0.15, -0.1) is 0 Å². The summed E-state index contributed by atoms with van der Waals surface area (Å²) in [5, 5.41) is 37.5. The minimum absolute atomic E-state index is 0.0229. The number of nitrogens with zero attached hydrogens (tertiary/aromatic N) is 5. The Morgan fingerprint density at radius 1 is 0.658 bits per heavy atom. The molecule has 1 aliphatic heterocycles. The number of carbonyl (C=O) groups is 5. The van der Waals surface area contributed by atoms with Crippen LogP contribution in [0.4, 0.5) is 0 Å². The molecular formula is C23H33N5O10. The minimum Gasteiger partial charge on any atom is -0.480 e. The molecule has 1 aliphatic rings. The van der Waals surface area contributed by atoms with Crippen LogP contribution in [0.1, 0.15) is 21.7 Å². The third-order valence-electron chi connectivity index (χ3n) is 5.76. The summed E-state index contributed by atoms with van der Waals surface area (Å²) in [6, 6.07) is 2.93. The van der Waals surface area contributed by atoms with Gasteiger partial charge in [0.25, 0.3) is 0 Å². The van der Waals surface area contributed by atoms with Crippen LogP contribution >= 0.6 is 0 Å². The van der Waals surface area contributed by atoms with E-state index < -0.39 is 29.8 Å². The molecule has 15 nitrogen and oxygen atoms in total. The zero-order chi connectivity index (χ0) is 28.2. The van der Waals surface area contributed by atoms with Crippen LogP contribution in [0.5, 0.6) is 0 Å². The Labute approximate surface area is 218 Å². The fraction of sp³-hybridized carbons (Fsp3) is 0.565. The van der Waals surface area contributed by atoms with Gasteiger partial charge in [0.1, 0.15) is 0 Å². The highest BCUT2D eigenvalue weighted by molar-refractivity contribution is 5.89. The van der Waals surface area contributed by atoms with E-state index in [0.29, 0.717) is 11.4 Å². The molecule has 15 heteroatoms. The number of methoxy groups -OCH3 is 1. The monoisotopic (exact) mass is 539 g/mol. The Bertz CT molecular complexity index is 952. The molecule has 0 aliphatic carbocycles. The van der Waals surface area contributed by atoms with E-state index in [0.717, 1.165) is 0 Å². The van der Waals surface area contributed by atoms with Crippen molar-refractivity contribution in [1.29, 1.82) is 0 Å². The highest BCUT2D eigenvalue weighted by atomic mass is 16.5. The summed E-state index contributed by atoms with van der Waals surface area (Å²) in [6.45, 7) is -0.343. The molecule has 0 fully saturated rings. The Morgan fingerprint density at radius 2 is 0.974 bits per heavy atom. The van der Waals surface area contributed by atoms with Crippen molar-refractivity contribution in [3.8, 4) is 0 Å². The van der Waals surface area contributed by atoms with Gasteiger partial charge >= 0.3 is 29.8 Å². The normalized spacial score (nSPS) is 17.2. The molecule has 0 aromatic carbocycles. The molecule has 0 amide bonds. The van der Waals surface area contributed by atoms with E-state index in [1.165, 1.54) is 29.0 Å². The van der Waals surface area contributed by atoms with E-state index in [9.17, 15) is 44.4 Å². The molecule has 38 heavy (non-hydrogen) atoms. The van der Waals surface area contributed by atoms with Gasteiger partial charge in [0, 0.05) is 52.4 Å². The average molecular weight is 540 g/mol. The Balaban J connectivity index is 2.49. The van der Waals surface area contributed by atoms with E-state index >= 15 is 0 Å². The van der Waals surface area contributed by atoms with Crippen molar-refractivity contribution >= 4 is 29.8 Å². The maximum atomic E-state index is 12.3. The first-order valence-electron chi connectivity index (χ1n) is 11.8. The summed E-state index contributed by atoms with van der Waals surface area (Å²) in [4.78, 5) is 68.9. The maximum Gasteiger partial charge on any atom is 0.337 e. The molecule has 1 aromatic heterocycles. The summed E-state index contributed by atoms with van der Waals surface area (Å²) >= 11 is 0. The van der Waals surface area contributed by atoms with Gasteiger partial charge < -0.3 is 25.2 Å². The number of carbonyl (C=O) groups excluding carboxylic acids is 1. The van der Waals surface area contributed by atoms with Crippen molar-refractivity contribution in [2.75, 3.05) is 72.6 Å². The molecule has 0 saturated carbocycles. The third-order valence-corrected chi connectivity index (χ3v) is 5.76. The van der Waals surface area contributed by atoms with Crippen LogP contribution in [0.25, 0.3) is 0 Å². The van der Waals surface area contributed by atoms with Gasteiger partial charge in [-0.25, -0.2) is 4.79 Å². The largest absolute Gasteiger partial charge is 0.480 e. The zero-order valence-electron chi connectivity index (χ0n) is 21.1. The second-order valence-electron chi connectivity index (χ2n) is 8.88. The summed E-state index contributed by atoms with van der Waals surface area (Å²) < 4.78 is 4.82.